The molecule has 2 aromatic rings. The van der Waals surface area contributed by atoms with Crippen molar-refractivity contribution in [3.05, 3.63) is 59.1 Å². The monoisotopic (exact) mass is 362 g/mol. The van der Waals surface area contributed by atoms with Crippen LogP contribution in [0.4, 0.5) is 5.69 Å². The predicted octanol–water partition coefficient (Wildman–Crippen LogP) is 5.05. The largest absolute Gasteiger partial charge is 0.491 e. The molecule has 3 nitrogen and oxygen atoms in total. The lowest BCUT2D eigenvalue weighted by atomic mass is 10.1. The molecule has 128 valence electrons. The van der Waals surface area contributed by atoms with E-state index in [1.807, 2.05) is 50.2 Å². The summed E-state index contributed by atoms with van der Waals surface area (Å²) in [4.78, 5) is 0. The first-order valence-electron chi connectivity index (χ1n) is 8.09. The molecule has 2 aromatic carbocycles. The lowest BCUT2D eigenvalue weighted by Crippen LogP contribution is -2.29. The number of hydrogen-bond donors (Lipinski definition) is 2. The van der Waals surface area contributed by atoms with E-state index >= 15 is 0 Å². The molecule has 24 heavy (non-hydrogen) atoms. The molecule has 2 N–H and O–H groups in total. The van der Waals surface area contributed by atoms with Crippen LogP contribution in [-0.4, -0.2) is 17.8 Å². The van der Waals surface area contributed by atoms with E-state index in [0.29, 0.717) is 10.1 Å². The SMILES string of the molecule is CC(C)Oc1ccc(CCCNC(=S)Nc2cccc(Cl)c2)cc1. The Labute approximate surface area is 154 Å². The highest BCUT2D eigenvalue weighted by atomic mass is 35.5. The van der Waals surface area contributed by atoms with Crippen molar-refractivity contribution >= 4 is 34.6 Å². The number of ether oxygens (including phenoxy) is 1. The van der Waals surface area contributed by atoms with E-state index < -0.39 is 0 Å². The van der Waals surface area contributed by atoms with Gasteiger partial charge in [0.1, 0.15) is 5.75 Å². The number of hydrogen-bond acceptors (Lipinski definition) is 2. The Morgan fingerprint density at radius 3 is 2.58 bits per heavy atom. The van der Waals surface area contributed by atoms with Gasteiger partial charge in [0.15, 0.2) is 5.11 Å². The molecule has 0 bridgehead atoms. The molecule has 0 unspecified atom stereocenters. The molecule has 0 aromatic heterocycles. The van der Waals surface area contributed by atoms with Gasteiger partial charge in [-0.2, -0.15) is 0 Å². The third-order valence-electron chi connectivity index (χ3n) is 3.31. The van der Waals surface area contributed by atoms with Crippen molar-refractivity contribution in [2.45, 2.75) is 32.8 Å². The van der Waals surface area contributed by atoms with Crippen molar-refractivity contribution in [1.82, 2.24) is 5.32 Å². The van der Waals surface area contributed by atoms with Crippen LogP contribution in [0.15, 0.2) is 48.5 Å². The molecular formula is C19H23ClN2OS. The van der Waals surface area contributed by atoms with Crippen LogP contribution < -0.4 is 15.4 Å². The molecule has 0 heterocycles. The molecule has 2 rings (SSSR count). The fourth-order valence-corrected chi connectivity index (χ4v) is 2.65. The molecule has 0 aliphatic heterocycles. The maximum absolute atomic E-state index is 5.95. The first-order valence-corrected chi connectivity index (χ1v) is 8.87. The molecule has 0 atom stereocenters. The second-order valence-electron chi connectivity index (χ2n) is 5.81. The second-order valence-corrected chi connectivity index (χ2v) is 6.65. The van der Waals surface area contributed by atoms with Crippen molar-refractivity contribution in [2.75, 3.05) is 11.9 Å². The minimum absolute atomic E-state index is 0.202. The first kappa shape index (κ1) is 18.6. The van der Waals surface area contributed by atoms with E-state index in [4.69, 9.17) is 28.6 Å². The summed E-state index contributed by atoms with van der Waals surface area (Å²) in [5.41, 5.74) is 2.18. The number of aryl methyl sites for hydroxylation is 1. The fourth-order valence-electron chi connectivity index (χ4n) is 2.24. The Hall–Kier alpha value is -1.78. The average Bonchev–Trinajstić information content (AvgIpc) is 2.52. The van der Waals surface area contributed by atoms with Crippen molar-refractivity contribution in [3.63, 3.8) is 0 Å². The highest BCUT2D eigenvalue weighted by Crippen LogP contribution is 2.15. The van der Waals surface area contributed by atoms with Crippen LogP contribution >= 0.6 is 23.8 Å². The number of halogens is 1. The van der Waals surface area contributed by atoms with E-state index in [0.717, 1.165) is 30.8 Å². The number of nitrogens with one attached hydrogen (secondary N) is 2. The summed E-state index contributed by atoms with van der Waals surface area (Å²) >= 11 is 11.2. The zero-order valence-electron chi connectivity index (χ0n) is 14.0. The molecule has 0 fully saturated rings. The van der Waals surface area contributed by atoms with E-state index in [2.05, 4.69) is 22.8 Å². The smallest absolute Gasteiger partial charge is 0.170 e. The van der Waals surface area contributed by atoms with Crippen molar-refractivity contribution in [2.24, 2.45) is 0 Å². The van der Waals surface area contributed by atoms with Gasteiger partial charge in [-0.05, 0) is 74.8 Å². The Morgan fingerprint density at radius 2 is 1.92 bits per heavy atom. The molecule has 0 spiro atoms. The number of thiocarbonyl (C=S) groups is 1. The van der Waals surface area contributed by atoms with Gasteiger partial charge in [0.25, 0.3) is 0 Å². The highest BCUT2D eigenvalue weighted by molar-refractivity contribution is 7.80. The van der Waals surface area contributed by atoms with Crippen molar-refractivity contribution in [3.8, 4) is 5.75 Å². The van der Waals surface area contributed by atoms with Crippen LogP contribution in [0.25, 0.3) is 0 Å². The minimum Gasteiger partial charge on any atom is -0.491 e. The summed E-state index contributed by atoms with van der Waals surface area (Å²) in [5.74, 6) is 0.916. The lowest BCUT2D eigenvalue weighted by Gasteiger charge is -2.11. The molecular weight excluding hydrogens is 340 g/mol. The van der Waals surface area contributed by atoms with Gasteiger partial charge in [0.05, 0.1) is 6.10 Å². The van der Waals surface area contributed by atoms with Gasteiger partial charge < -0.3 is 15.4 Å². The minimum atomic E-state index is 0.202. The number of rotatable bonds is 7. The van der Waals surface area contributed by atoms with Crippen LogP contribution in [0.2, 0.25) is 5.02 Å². The van der Waals surface area contributed by atoms with Crippen LogP contribution in [0.3, 0.4) is 0 Å². The first-order chi connectivity index (χ1) is 11.5. The predicted molar refractivity (Wildman–Crippen MR) is 106 cm³/mol. The zero-order valence-corrected chi connectivity index (χ0v) is 15.6. The lowest BCUT2D eigenvalue weighted by molar-refractivity contribution is 0.242. The highest BCUT2D eigenvalue weighted by Gasteiger charge is 2.00. The van der Waals surface area contributed by atoms with Gasteiger partial charge >= 0.3 is 0 Å². The van der Waals surface area contributed by atoms with E-state index in [9.17, 15) is 0 Å². The Bertz CT molecular complexity index is 659. The standard InChI is InChI=1S/C19H23ClN2OS/c1-14(2)23-18-10-8-15(9-11-18)5-4-12-21-19(24)22-17-7-3-6-16(20)13-17/h3,6-11,13-14H,4-5,12H2,1-2H3,(H2,21,22,24). The number of benzene rings is 2. The molecule has 0 saturated carbocycles. The molecule has 0 saturated heterocycles. The van der Waals surface area contributed by atoms with Gasteiger partial charge in [-0.1, -0.05) is 29.8 Å². The summed E-state index contributed by atoms with van der Waals surface area (Å²) in [6, 6.07) is 15.8. The third-order valence-corrected chi connectivity index (χ3v) is 3.79. The summed E-state index contributed by atoms with van der Waals surface area (Å²) < 4.78 is 5.64. The van der Waals surface area contributed by atoms with Gasteiger partial charge in [-0.25, -0.2) is 0 Å². The van der Waals surface area contributed by atoms with Crippen LogP contribution in [0, 0.1) is 0 Å². The van der Waals surface area contributed by atoms with Gasteiger partial charge in [0.2, 0.25) is 0 Å². The van der Waals surface area contributed by atoms with Crippen LogP contribution in [-0.2, 0) is 6.42 Å². The van der Waals surface area contributed by atoms with Crippen molar-refractivity contribution < 1.29 is 4.74 Å². The average molecular weight is 363 g/mol. The number of anilines is 1. The van der Waals surface area contributed by atoms with Gasteiger partial charge in [-0.15, -0.1) is 0 Å². The molecule has 5 heteroatoms. The van der Waals surface area contributed by atoms with E-state index in [1.54, 1.807) is 0 Å². The van der Waals surface area contributed by atoms with Gasteiger partial charge in [-0.3, -0.25) is 0 Å². The normalized spacial score (nSPS) is 10.5. The molecule has 0 radical (unpaired) electrons. The fraction of sp³-hybridized carbons (Fsp3) is 0.316. The van der Waals surface area contributed by atoms with Crippen LogP contribution in [0.1, 0.15) is 25.8 Å². The quantitative estimate of drug-likeness (QED) is 0.533. The van der Waals surface area contributed by atoms with Crippen LogP contribution in [0.5, 0.6) is 5.75 Å². The topological polar surface area (TPSA) is 33.3 Å². The zero-order chi connectivity index (χ0) is 17.4. The Morgan fingerprint density at radius 1 is 1.17 bits per heavy atom. The summed E-state index contributed by atoms with van der Waals surface area (Å²) in [7, 11) is 0. The third kappa shape index (κ3) is 6.77. The Balaban J connectivity index is 1.68. The molecule has 0 aliphatic rings. The Kier molecular flexibility index (Phi) is 7.35. The maximum Gasteiger partial charge on any atom is 0.170 e. The maximum atomic E-state index is 5.95. The van der Waals surface area contributed by atoms with Crippen molar-refractivity contribution in [1.29, 1.82) is 0 Å². The van der Waals surface area contributed by atoms with E-state index in [1.165, 1.54) is 5.56 Å². The summed E-state index contributed by atoms with van der Waals surface area (Å²) in [5, 5.41) is 7.63. The summed E-state index contributed by atoms with van der Waals surface area (Å²) in [6.07, 6.45) is 2.20. The molecule has 0 aliphatic carbocycles. The second kappa shape index (κ2) is 9.50. The summed E-state index contributed by atoms with van der Waals surface area (Å²) in [6.45, 7) is 4.87. The van der Waals surface area contributed by atoms with Gasteiger partial charge in [0, 0.05) is 17.3 Å². The van der Waals surface area contributed by atoms with E-state index in [-0.39, 0.29) is 6.10 Å². The molecule has 0 amide bonds.